The van der Waals surface area contributed by atoms with Crippen LogP contribution in [0.15, 0.2) is 18.2 Å². The first kappa shape index (κ1) is 11.1. The molecule has 0 fully saturated rings. The van der Waals surface area contributed by atoms with Gasteiger partial charge in [0.25, 0.3) is 0 Å². The van der Waals surface area contributed by atoms with Crippen LogP contribution in [-0.4, -0.2) is 9.78 Å². The maximum Gasteiger partial charge on any atom is 0.151 e. The molecule has 2 nitrogen and oxygen atoms in total. The zero-order valence-corrected chi connectivity index (χ0v) is 9.52. The molecular formula is C11H9ClF2N2. The van der Waals surface area contributed by atoms with Gasteiger partial charge in [0.1, 0.15) is 16.7 Å². The van der Waals surface area contributed by atoms with Crippen molar-refractivity contribution in [1.29, 1.82) is 0 Å². The molecule has 0 saturated carbocycles. The topological polar surface area (TPSA) is 17.8 Å². The predicted octanol–water partition coefficient (Wildman–Crippen LogP) is 3.42. The summed E-state index contributed by atoms with van der Waals surface area (Å²) in [6.07, 6.45) is 0. The van der Waals surface area contributed by atoms with E-state index in [0.29, 0.717) is 10.8 Å². The summed E-state index contributed by atoms with van der Waals surface area (Å²) in [6.45, 7) is 3.57. The summed E-state index contributed by atoms with van der Waals surface area (Å²) in [7, 11) is 0. The molecule has 0 bridgehead atoms. The van der Waals surface area contributed by atoms with Crippen molar-refractivity contribution in [2.45, 2.75) is 13.8 Å². The molecule has 0 aliphatic rings. The van der Waals surface area contributed by atoms with E-state index in [4.69, 9.17) is 11.6 Å². The molecule has 1 aromatic carbocycles. The van der Waals surface area contributed by atoms with Gasteiger partial charge in [0, 0.05) is 11.6 Å². The second-order valence-electron chi connectivity index (χ2n) is 3.51. The molecule has 0 amide bonds. The predicted molar refractivity (Wildman–Crippen MR) is 58.0 cm³/mol. The van der Waals surface area contributed by atoms with Gasteiger partial charge >= 0.3 is 0 Å². The average molecular weight is 243 g/mol. The largest absolute Gasteiger partial charge is 0.219 e. The van der Waals surface area contributed by atoms with Crippen LogP contribution in [0.25, 0.3) is 5.69 Å². The number of benzene rings is 1. The summed E-state index contributed by atoms with van der Waals surface area (Å²) in [5, 5.41) is 4.43. The maximum absolute atomic E-state index is 13.5. The minimum Gasteiger partial charge on any atom is -0.219 e. The lowest BCUT2D eigenvalue weighted by Gasteiger charge is -2.04. The number of hydrogen-bond donors (Lipinski definition) is 0. The van der Waals surface area contributed by atoms with Crippen LogP contribution in [0, 0.1) is 25.5 Å². The van der Waals surface area contributed by atoms with Crippen molar-refractivity contribution < 1.29 is 8.78 Å². The minimum absolute atomic E-state index is 0.141. The standard InChI is InChI=1S/C11H9ClF2N2/c1-6-7(2)15-16(11(6)12)10-4-3-8(13)5-9(10)14/h3-5H,1-2H3. The van der Waals surface area contributed by atoms with Gasteiger partial charge in [0.2, 0.25) is 0 Å². The first-order valence-electron chi connectivity index (χ1n) is 4.68. The van der Waals surface area contributed by atoms with E-state index in [0.717, 1.165) is 11.6 Å². The van der Waals surface area contributed by atoms with Crippen LogP contribution in [0.1, 0.15) is 11.3 Å². The van der Waals surface area contributed by atoms with E-state index in [-0.39, 0.29) is 5.69 Å². The van der Waals surface area contributed by atoms with Gasteiger partial charge in [-0.15, -0.1) is 0 Å². The Morgan fingerprint density at radius 1 is 1.25 bits per heavy atom. The smallest absolute Gasteiger partial charge is 0.151 e. The Balaban J connectivity index is 2.63. The van der Waals surface area contributed by atoms with Gasteiger partial charge in [-0.1, -0.05) is 11.6 Å². The van der Waals surface area contributed by atoms with Crippen LogP contribution in [0.2, 0.25) is 5.15 Å². The molecular weight excluding hydrogens is 234 g/mol. The fourth-order valence-corrected chi connectivity index (χ4v) is 1.66. The maximum atomic E-state index is 13.5. The highest BCUT2D eigenvalue weighted by Crippen LogP contribution is 2.24. The summed E-state index contributed by atoms with van der Waals surface area (Å²) in [6, 6.07) is 3.28. The Morgan fingerprint density at radius 3 is 2.44 bits per heavy atom. The molecule has 0 radical (unpaired) electrons. The zero-order valence-electron chi connectivity index (χ0n) is 8.76. The fraction of sp³-hybridized carbons (Fsp3) is 0.182. The second-order valence-corrected chi connectivity index (χ2v) is 3.87. The highest BCUT2D eigenvalue weighted by Gasteiger charge is 2.14. The fourth-order valence-electron chi connectivity index (χ4n) is 1.39. The summed E-state index contributed by atoms with van der Waals surface area (Å²) in [5.74, 6) is -1.32. The molecule has 0 unspecified atom stereocenters. The molecule has 0 saturated heterocycles. The lowest BCUT2D eigenvalue weighted by atomic mass is 10.3. The van der Waals surface area contributed by atoms with E-state index in [1.165, 1.54) is 16.8 Å². The summed E-state index contributed by atoms with van der Waals surface area (Å²) in [5.41, 5.74) is 1.64. The molecule has 5 heteroatoms. The van der Waals surface area contributed by atoms with Gasteiger partial charge in [-0.3, -0.25) is 0 Å². The van der Waals surface area contributed by atoms with Gasteiger partial charge in [-0.25, -0.2) is 13.5 Å². The highest BCUT2D eigenvalue weighted by molar-refractivity contribution is 6.30. The second kappa shape index (κ2) is 3.87. The molecule has 16 heavy (non-hydrogen) atoms. The first-order valence-corrected chi connectivity index (χ1v) is 5.05. The molecule has 0 aliphatic heterocycles. The van der Waals surface area contributed by atoms with Crippen LogP contribution >= 0.6 is 11.6 Å². The number of halogens is 3. The Bertz CT molecular complexity index is 549. The van der Waals surface area contributed by atoms with Crippen molar-refractivity contribution in [3.8, 4) is 5.69 Å². The first-order chi connectivity index (χ1) is 7.50. The number of aryl methyl sites for hydroxylation is 1. The van der Waals surface area contributed by atoms with E-state index in [9.17, 15) is 8.78 Å². The number of rotatable bonds is 1. The van der Waals surface area contributed by atoms with Crippen molar-refractivity contribution in [3.05, 3.63) is 46.2 Å². The van der Waals surface area contributed by atoms with Crippen LogP contribution in [0.5, 0.6) is 0 Å². The van der Waals surface area contributed by atoms with Crippen LogP contribution in [0.4, 0.5) is 8.78 Å². The number of hydrogen-bond acceptors (Lipinski definition) is 1. The monoisotopic (exact) mass is 242 g/mol. The Hall–Kier alpha value is -1.42. The van der Waals surface area contributed by atoms with Crippen LogP contribution < -0.4 is 0 Å². The summed E-state index contributed by atoms with van der Waals surface area (Å²) < 4.78 is 27.5. The number of aromatic nitrogens is 2. The van der Waals surface area contributed by atoms with Crippen LogP contribution in [-0.2, 0) is 0 Å². The van der Waals surface area contributed by atoms with Crippen molar-refractivity contribution in [3.63, 3.8) is 0 Å². The summed E-state index contributed by atoms with van der Waals surface area (Å²) >= 11 is 6.00. The molecule has 84 valence electrons. The van der Waals surface area contributed by atoms with E-state index < -0.39 is 11.6 Å². The quantitative estimate of drug-likeness (QED) is 0.749. The van der Waals surface area contributed by atoms with Gasteiger partial charge in [0.15, 0.2) is 5.82 Å². The third kappa shape index (κ3) is 1.69. The molecule has 1 heterocycles. The lowest BCUT2D eigenvalue weighted by molar-refractivity contribution is 0.573. The molecule has 2 rings (SSSR count). The normalized spacial score (nSPS) is 10.8. The molecule has 0 spiro atoms. The Labute approximate surface area is 96.5 Å². The van der Waals surface area contributed by atoms with Crippen LogP contribution in [0.3, 0.4) is 0 Å². The third-order valence-electron chi connectivity index (χ3n) is 2.43. The molecule has 0 atom stereocenters. The van der Waals surface area contributed by atoms with Crippen molar-refractivity contribution in [2.75, 3.05) is 0 Å². The molecule has 1 aromatic heterocycles. The number of nitrogens with zero attached hydrogens (tertiary/aromatic N) is 2. The molecule has 2 aromatic rings. The Kier molecular flexibility index (Phi) is 2.68. The van der Waals surface area contributed by atoms with E-state index in [1.807, 2.05) is 0 Å². The van der Waals surface area contributed by atoms with E-state index >= 15 is 0 Å². The van der Waals surface area contributed by atoms with Crippen molar-refractivity contribution in [2.24, 2.45) is 0 Å². The zero-order chi connectivity index (χ0) is 11.9. The Morgan fingerprint density at radius 2 is 1.94 bits per heavy atom. The van der Waals surface area contributed by atoms with Crippen molar-refractivity contribution in [1.82, 2.24) is 9.78 Å². The third-order valence-corrected chi connectivity index (χ3v) is 2.87. The minimum atomic E-state index is -0.690. The van der Waals surface area contributed by atoms with Crippen molar-refractivity contribution >= 4 is 11.6 Å². The molecule has 0 aliphatic carbocycles. The van der Waals surface area contributed by atoms with E-state index in [2.05, 4.69) is 5.10 Å². The average Bonchev–Trinajstić information content (AvgIpc) is 2.46. The van der Waals surface area contributed by atoms with Gasteiger partial charge in [0.05, 0.1) is 5.69 Å². The van der Waals surface area contributed by atoms with E-state index in [1.54, 1.807) is 13.8 Å². The van der Waals surface area contributed by atoms with Gasteiger partial charge in [-0.2, -0.15) is 5.10 Å². The molecule has 0 N–H and O–H groups in total. The lowest BCUT2D eigenvalue weighted by Crippen LogP contribution is -2.00. The highest BCUT2D eigenvalue weighted by atomic mass is 35.5. The van der Waals surface area contributed by atoms with Gasteiger partial charge < -0.3 is 0 Å². The van der Waals surface area contributed by atoms with Gasteiger partial charge in [-0.05, 0) is 26.0 Å². The summed E-state index contributed by atoms with van der Waals surface area (Å²) in [4.78, 5) is 0. The SMILES string of the molecule is Cc1nn(-c2ccc(F)cc2F)c(Cl)c1C.